The second-order valence-corrected chi connectivity index (χ2v) is 6.32. The van der Waals surface area contributed by atoms with Gasteiger partial charge < -0.3 is 9.47 Å². The van der Waals surface area contributed by atoms with E-state index >= 15 is 0 Å². The van der Waals surface area contributed by atoms with Crippen LogP contribution in [-0.2, 0) is 6.42 Å². The van der Waals surface area contributed by atoms with Crippen LogP contribution in [0, 0.1) is 0 Å². The fourth-order valence-corrected chi connectivity index (χ4v) is 3.11. The molecule has 3 aromatic rings. The molecule has 28 heavy (non-hydrogen) atoms. The minimum atomic E-state index is -2.86. The molecule has 0 aromatic heterocycles. The predicted molar refractivity (Wildman–Crippen MR) is 110 cm³/mol. The molecule has 0 N–H and O–H groups in total. The van der Waals surface area contributed by atoms with E-state index in [1.54, 1.807) is 12.2 Å². The van der Waals surface area contributed by atoms with Crippen molar-refractivity contribution in [3.8, 4) is 22.6 Å². The van der Waals surface area contributed by atoms with E-state index in [2.05, 4.69) is 13.2 Å². The van der Waals surface area contributed by atoms with Crippen LogP contribution in [-0.4, -0.2) is 13.2 Å². The predicted octanol–water partition coefficient (Wildman–Crippen LogP) is 6.79. The van der Waals surface area contributed by atoms with Gasteiger partial charge in [-0.1, -0.05) is 55.1 Å². The van der Waals surface area contributed by atoms with Gasteiger partial charge in [0.1, 0.15) is 18.1 Å². The number of hydrogen-bond donors (Lipinski definition) is 0. The first-order valence-corrected chi connectivity index (χ1v) is 9.08. The Labute approximate surface area is 163 Å². The monoisotopic (exact) mass is 380 g/mol. The number of allylic oxidation sites excluding steroid dienone is 1. The Morgan fingerprint density at radius 1 is 0.893 bits per heavy atom. The van der Waals surface area contributed by atoms with Crippen molar-refractivity contribution in [3.05, 3.63) is 85.5 Å². The second kappa shape index (κ2) is 9.18. The van der Waals surface area contributed by atoms with Crippen molar-refractivity contribution in [1.82, 2.24) is 0 Å². The third-order valence-corrected chi connectivity index (χ3v) is 4.43. The van der Waals surface area contributed by atoms with Crippen LogP contribution in [0.2, 0.25) is 0 Å². The minimum absolute atomic E-state index is 0.245. The average molecular weight is 380 g/mol. The van der Waals surface area contributed by atoms with E-state index in [4.69, 9.17) is 9.47 Å². The SMILES string of the molecule is C=CCCc1ccc2cc(-c3ccc(OCC=C)cc3)ccc2c1OC(F)F. The highest BCUT2D eigenvalue weighted by molar-refractivity contribution is 5.93. The summed E-state index contributed by atoms with van der Waals surface area (Å²) in [5.41, 5.74) is 2.76. The molecule has 3 aromatic carbocycles. The van der Waals surface area contributed by atoms with Crippen molar-refractivity contribution >= 4 is 10.8 Å². The van der Waals surface area contributed by atoms with Crippen LogP contribution in [0.4, 0.5) is 8.78 Å². The molecule has 0 fully saturated rings. The fraction of sp³-hybridized carbons (Fsp3) is 0.167. The summed E-state index contributed by atoms with van der Waals surface area (Å²) in [5, 5.41) is 1.53. The molecule has 0 aliphatic heterocycles. The van der Waals surface area contributed by atoms with Crippen LogP contribution < -0.4 is 9.47 Å². The largest absolute Gasteiger partial charge is 0.490 e. The lowest BCUT2D eigenvalue weighted by Gasteiger charge is -2.14. The van der Waals surface area contributed by atoms with Crippen molar-refractivity contribution in [1.29, 1.82) is 0 Å². The summed E-state index contributed by atoms with van der Waals surface area (Å²) < 4.78 is 36.3. The Balaban J connectivity index is 1.96. The van der Waals surface area contributed by atoms with Crippen LogP contribution in [0.3, 0.4) is 0 Å². The summed E-state index contributed by atoms with van der Waals surface area (Å²) in [4.78, 5) is 0. The van der Waals surface area contributed by atoms with E-state index < -0.39 is 6.61 Å². The summed E-state index contributed by atoms with van der Waals surface area (Å²) in [6.07, 6.45) is 4.76. The molecule has 0 aliphatic rings. The van der Waals surface area contributed by atoms with Crippen molar-refractivity contribution in [2.75, 3.05) is 6.61 Å². The molecule has 0 saturated carbocycles. The van der Waals surface area contributed by atoms with E-state index in [1.807, 2.05) is 54.6 Å². The summed E-state index contributed by atoms with van der Waals surface area (Å²) in [5.74, 6) is 1.01. The van der Waals surface area contributed by atoms with Gasteiger partial charge in [0, 0.05) is 5.39 Å². The zero-order chi connectivity index (χ0) is 19.9. The van der Waals surface area contributed by atoms with E-state index in [9.17, 15) is 8.78 Å². The van der Waals surface area contributed by atoms with Crippen LogP contribution in [0.15, 0.2) is 79.9 Å². The molecule has 0 radical (unpaired) electrons. The molecule has 2 nitrogen and oxygen atoms in total. The molecule has 0 bridgehead atoms. The summed E-state index contributed by atoms with van der Waals surface area (Å²) in [6, 6.07) is 17.2. The maximum absolute atomic E-state index is 13.0. The first-order chi connectivity index (χ1) is 13.6. The number of halogens is 2. The van der Waals surface area contributed by atoms with Crippen LogP contribution in [0.25, 0.3) is 21.9 Å². The number of rotatable bonds is 9. The molecule has 0 amide bonds. The molecule has 0 spiro atoms. The zero-order valence-electron chi connectivity index (χ0n) is 15.5. The molecular weight excluding hydrogens is 358 g/mol. The smallest absolute Gasteiger partial charge is 0.387 e. The van der Waals surface area contributed by atoms with Crippen molar-refractivity contribution in [3.63, 3.8) is 0 Å². The number of aryl methyl sites for hydroxylation is 1. The molecule has 4 heteroatoms. The van der Waals surface area contributed by atoms with Crippen molar-refractivity contribution in [2.24, 2.45) is 0 Å². The molecule has 144 valence electrons. The molecule has 3 rings (SSSR count). The Kier molecular flexibility index (Phi) is 6.43. The summed E-state index contributed by atoms with van der Waals surface area (Å²) in [7, 11) is 0. The molecule has 0 heterocycles. The highest BCUT2D eigenvalue weighted by atomic mass is 19.3. The lowest BCUT2D eigenvalue weighted by Crippen LogP contribution is -2.05. The number of benzene rings is 3. The minimum Gasteiger partial charge on any atom is -0.490 e. The number of ether oxygens (including phenoxy) is 2. The summed E-state index contributed by atoms with van der Waals surface area (Å²) in [6.45, 7) is 4.91. The van der Waals surface area contributed by atoms with Gasteiger partial charge in [0.05, 0.1) is 0 Å². The third-order valence-electron chi connectivity index (χ3n) is 4.43. The first-order valence-electron chi connectivity index (χ1n) is 9.08. The Morgan fingerprint density at radius 2 is 1.64 bits per heavy atom. The molecule has 0 aliphatic carbocycles. The van der Waals surface area contributed by atoms with Gasteiger partial charge >= 0.3 is 6.61 Å². The van der Waals surface area contributed by atoms with Gasteiger partial charge in [0.25, 0.3) is 0 Å². The van der Waals surface area contributed by atoms with Crippen LogP contribution in [0.5, 0.6) is 11.5 Å². The molecular formula is C24H22F2O2. The van der Waals surface area contributed by atoms with Gasteiger partial charge in [-0.2, -0.15) is 8.78 Å². The standard InChI is InChI=1S/C24H22F2O2/c1-3-5-6-18-7-8-20-16-19(11-14-22(20)23(18)28-24(25)26)17-9-12-21(13-10-17)27-15-4-2/h3-4,7-14,16,24H,1-2,5-6,15H2. The van der Waals surface area contributed by atoms with Gasteiger partial charge in [-0.25, -0.2) is 0 Å². The van der Waals surface area contributed by atoms with Gasteiger partial charge in [-0.3, -0.25) is 0 Å². The number of fused-ring (bicyclic) bond motifs is 1. The maximum Gasteiger partial charge on any atom is 0.387 e. The third kappa shape index (κ3) is 4.58. The summed E-state index contributed by atoms with van der Waals surface area (Å²) >= 11 is 0. The lowest BCUT2D eigenvalue weighted by atomic mass is 9.97. The van der Waals surface area contributed by atoms with E-state index in [0.717, 1.165) is 27.8 Å². The van der Waals surface area contributed by atoms with Gasteiger partial charge in [0.2, 0.25) is 0 Å². The Morgan fingerprint density at radius 3 is 2.32 bits per heavy atom. The van der Waals surface area contributed by atoms with Gasteiger partial charge in [-0.05, 0) is 53.1 Å². The van der Waals surface area contributed by atoms with E-state index in [-0.39, 0.29) is 5.75 Å². The van der Waals surface area contributed by atoms with E-state index in [1.165, 1.54) is 0 Å². The normalized spacial score (nSPS) is 10.8. The van der Waals surface area contributed by atoms with Gasteiger partial charge in [0.15, 0.2) is 0 Å². The molecule has 0 atom stereocenters. The first kappa shape index (κ1) is 19.6. The molecule has 0 unspecified atom stereocenters. The van der Waals surface area contributed by atoms with Gasteiger partial charge in [-0.15, -0.1) is 6.58 Å². The van der Waals surface area contributed by atoms with Crippen molar-refractivity contribution < 1.29 is 18.3 Å². The van der Waals surface area contributed by atoms with Crippen LogP contribution >= 0.6 is 0 Å². The highest BCUT2D eigenvalue weighted by Crippen LogP contribution is 2.35. The Bertz CT molecular complexity index is 962. The quantitative estimate of drug-likeness (QED) is 0.380. The van der Waals surface area contributed by atoms with Crippen LogP contribution in [0.1, 0.15) is 12.0 Å². The Hall–Kier alpha value is -3.14. The van der Waals surface area contributed by atoms with E-state index in [0.29, 0.717) is 24.8 Å². The number of alkyl halides is 2. The average Bonchev–Trinajstić information content (AvgIpc) is 2.71. The number of hydrogen-bond acceptors (Lipinski definition) is 2. The topological polar surface area (TPSA) is 18.5 Å². The molecule has 0 saturated heterocycles. The van der Waals surface area contributed by atoms with Crippen molar-refractivity contribution in [2.45, 2.75) is 19.5 Å². The second-order valence-electron chi connectivity index (χ2n) is 6.32. The lowest BCUT2D eigenvalue weighted by molar-refractivity contribution is -0.0493. The highest BCUT2D eigenvalue weighted by Gasteiger charge is 2.14. The fourth-order valence-electron chi connectivity index (χ4n) is 3.11. The zero-order valence-corrected chi connectivity index (χ0v) is 15.5. The maximum atomic E-state index is 13.0.